The summed E-state index contributed by atoms with van der Waals surface area (Å²) in [7, 11) is 0. The van der Waals surface area contributed by atoms with Crippen LogP contribution in [0.5, 0.6) is 0 Å². The first-order chi connectivity index (χ1) is 5.18. The van der Waals surface area contributed by atoms with Crippen LogP contribution in [0.2, 0.25) is 0 Å². The third-order valence-electron chi connectivity index (χ3n) is 1.22. The summed E-state index contributed by atoms with van der Waals surface area (Å²) in [4.78, 5) is 0. The number of aliphatic hydroxyl groups is 1. The molecule has 0 bridgehead atoms. The van der Waals surface area contributed by atoms with Crippen molar-refractivity contribution in [3.8, 4) is 0 Å². The van der Waals surface area contributed by atoms with Gasteiger partial charge < -0.3 is 5.11 Å². The Hall–Kier alpha value is -0.0000000000000000833. The van der Waals surface area contributed by atoms with E-state index in [0.29, 0.717) is 0 Å². The van der Waals surface area contributed by atoms with Crippen LogP contribution in [0.1, 0.15) is 18.4 Å². The van der Waals surface area contributed by atoms with E-state index in [1.54, 1.807) is 6.92 Å². The Labute approximate surface area is 77.6 Å². The lowest BCUT2D eigenvalue weighted by Gasteiger charge is -1.98. The zero-order chi connectivity index (χ0) is 8.27. The molecule has 0 amide bonds. The summed E-state index contributed by atoms with van der Waals surface area (Å²) in [5.41, 5.74) is 0. The molecule has 0 radical (unpaired) electrons. The monoisotopic (exact) mass is 236 g/mol. The van der Waals surface area contributed by atoms with E-state index < -0.39 is 0 Å². The standard InChI is InChI=1S/C6H9BrN2OS/c1-4(10)2-3-5-8-9-6(7)11-5/h4,10H,2-3H2,1H3. The third kappa shape index (κ3) is 3.27. The van der Waals surface area contributed by atoms with Gasteiger partial charge in [0.25, 0.3) is 0 Å². The van der Waals surface area contributed by atoms with Gasteiger partial charge in [-0.2, -0.15) is 0 Å². The lowest BCUT2D eigenvalue weighted by molar-refractivity contribution is 0.185. The minimum atomic E-state index is -0.252. The van der Waals surface area contributed by atoms with Crippen molar-refractivity contribution in [2.24, 2.45) is 0 Å². The number of hydrogen-bond acceptors (Lipinski definition) is 4. The van der Waals surface area contributed by atoms with Gasteiger partial charge >= 0.3 is 0 Å². The van der Waals surface area contributed by atoms with Gasteiger partial charge in [0, 0.05) is 6.42 Å². The van der Waals surface area contributed by atoms with Crippen LogP contribution < -0.4 is 0 Å². The maximum Gasteiger partial charge on any atom is 0.183 e. The molecule has 1 N–H and O–H groups in total. The molecule has 1 aromatic heterocycles. The van der Waals surface area contributed by atoms with Crippen molar-refractivity contribution >= 4 is 27.3 Å². The Morgan fingerprint density at radius 1 is 1.64 bits per heavy atom. The minimum Gasteiger partial charge on any atom is -0.393 e. The number of halogens is 1. The lowest BCUT2D eigenvalue weighted by Crippen LogP contribution is -2.00. The average molecular weight is 237 g/mol. The summed E-state index contributed by atoms with van der Waals surface area (Å²) in [5, 5.41) is 17.6. The zero-order valence-electron chi connectivity index (χ0n) is 6.12. The molecule has 5 heteroatoms. The van der Waals surface area contributed by atoms with Gasteiger partial charge in [0.05, 0.1) is 6.10 Å². The van der Waals surface area contributed by atoms with Crippen LogP contribution in [-0.4, -0.2) is 21.4 Å². The number of hydrogen-bond donors (Lipinski definition) is 1. The molecule has 62 valence electrons. The fourth-order valence-corrected chi connectivity index (χ4v) is 1.88. The van der Waals surface area contributed by atoms with Crippen molar-refractivity contribution in [3.63, 3.8) is 0 Å². The number of rotatable bonds is 3. The van der Waals surface area contributed by atoms with Crippen molar-refractivity contribution < 1.29 is 5.11 Å². The molecule has 0 saturated carbocycles. The summed E-state index contributed by atoms with van der Waals surface area (Å²) < 4.78 is 0.804. The van der Waals surface area contributed by atoms with E-state index in [9.17, 15) is 0 Å². The highest BCUT2D eigenvalue weighted by atomic mass is 79.9. The van der Waals surface area contributed by atoms with Crippen molar-refractivity contribution in [2.45, 2.75) is 25.9 Å². The molecular formula is C6H9BrN2OS. The van der Waals surface area contributed by atoms with Crippen LogP contribution in [0, 0.1) is 0 Å². The second kappa shape index (κ2) is 4.13. The topological polar surface area (TPSA) is 46.0 Å². The summed E-state index contributed by atoms with van der Waals surface area (Å²) in [6, 6.07) is 0. The van der Waals surface area contributed by atoms with Crippen molar-refractivity contribution in [2.75, 3.05) is 0 Å². The zero-order valence-corrected chi connectivity index (χ0v) is 8.52. The molecule has 1 atom stereocenters. The molecule has 0 saturated heterocycles. The molecule has 0 fully saturated rings. The predicted molar refractivity (Wildman–Crippen MR) is 47.6 cm³/mol. The molecule has 3 nitrogen and oxygen atoms in total. The fourth-order valence-electron chi connectivity index (χ4n) is 0.667. The van der Waals surface area contributed by atoms with E-state index >= 15 is 0 Å². The van der Waals surface area contributed by atoms with Crippen molar-refractivity contribution in [1.82, 2.24) is 10.2 Å². The van der Waals surface area contributed by atoms with Gasteiger partial charge in [-0.15, -0.1) is 10.2 Å². The molecular weight excluding hydrogens is 228 g/mol. The van der Waals surface area contributed by atoms with Crippen LogP contribution in [0.3, 0.4) is 0 Å². The van der Waals surface area contributed by atoms with Gasteiger partial charge in [0.2, 0.25) is 0 Å². The van der Waals surface area contributed by atoms with Crippen LogP contribution in [0.15, 0.2) is 3.92 Å². The Morgan fingerprint density at radius 2 is 2.36 bits per heavy atom. The van der Waals surface area contributed by atoms with Gasteiger partial charge in [0.15, 0.2) is 3.92 Å². The third-order valence-corrected chi connectivity index (χ3v) is 2.63. The number of aryl methyl sites for hydroxylation is 1. The summed E-state index contributed by atoms with van der Waals surface area (Å²) >= 11 is 4.73. The second-order valence-electron chi connectivity index (χ2n) is 2.34. The van der Waals surface area contributed by atoms with E-state index in [4.69, 9.17) is 5.11 Å². The molecule has 0 aromatic carbocycles. The van der Waals surface area contributed by atoms with E-state index in [2.05, 4.69) is 26.1 Å². The summed E-state index contributed by atoms with van der Waals surface area (Å²) in [6.07, 6.45) is 1.31. The van der Waals surface area contributed by atoms with Crippen molar-refractivity contribution in [1.29, 1.82) is 0 Å². The minimum absolute atomic E-state index is 0.252. The molecule has 0 aliphatic carbocycles. The van der Waals surface area contributed by atoms with Crippen LogP contribution in [-0.2, 0) is 6.42 Å². The normalized spacial score (nSPS) is 13.4. The van der Waals surface area contributed by atoms with Gasteiger partial charge in [-0.25, -0.2) is 0 Å². The maximum atomic E-state index is 8.97. The highest BCUT2D eigenvalue weighted by Crippen LogP contribution is 2.17. The summed E-state index contributed by atoms with van der Waals surface area (Å²) in [5.74, 6) is 0. The largest absolute Gasteiger partial charge is 0.393 e. The smallest absolute Gasteiger partial charge is 0.183 e. The molecule has 0 aliphatic heterocycles. The van der Waals surface area contributed by atoms with Crippen LogP contribution in [0.25, 0.3) is 0 Å². The van der Waals surface area contributed by atoms with E-state index in [1.165, 1.54) is 11.3 Å². The first-order valence-electron chi connectivity index (χ1n) is 3.34. The first kappa shape index (κ1) is 9.09. The Morgan fingerprint density at radius 3 is 2.82 bits per heavy atom. The SMILES string of the molecule is CC(O)CCc1nnc(Br)s1. The summed E-state index contributed by atoms with van der Waals surface area (Å²) in [6.45, 7) is 1.77. The van der Waals surface area contributed by atoms with Crippen LogP contribution in [0.4, 0.5) is 0 Å². The van der Waals surface area contributed by atoms with Gasteiger partial charge in [-0.3, -0.25) is 0 Å². The van der Waals surface area contributed by atoms with Gasteiger partial charge in [-0.05, 0) is 29.3 Å². The van der Waals surface area contributed by atoms with Crippen LogP contribution >= 0.6 is 27.3 Å². The Bertz CT molecular complexity index is 226. The molecule has 0 aliphatic rings. The maximum absolute atomic E-state index is 8.97. The second-order valence-corrected chi connectivity index (χ2v) is 4.67. The van der Waals surface area contributed by atoms with E-state index in [1.807, 2.05) is 0 Å². The molecule has 1 rings (SSSR count). The lowest BCUT2D eigenvalue weighted by atomic mass is 10.2. The number of aromatic nitrogens is 2. The highest BCUT2D eigenvalue weighted by molar-refractivity contribution is 9.11. The fraction of sp³-hybridized carbons (Fsp3) is 0.667. The first-order valence-corrected chi connectivity index (χ1v) is 4.95. The molecule has 11 heavy (non-hydrogen) atoms. The molecule has 1 aromatic rings. The molecule has 1 heterocycles. The highest BCUT2D eigenvalue weighted by Gasteiger charge is 2.02. The average Bonchev–Trinajstić information content (AvgIpc) is 2.31. The van der Waals surface area contributed by atoms with Crippen molar-refractivity contribution in [3.05, 3.63) is 8.92 Å². The predicted octanol–water partition coefficient (Wildman–Crippen LogP) is 1.61. The number of aliphatic hydroxyl groups excluding tert-OH is 1. The Kier molecular flexibility index (Phi) is 3.42. The molecule has 1 unspecified atom stereocenters. The number of nitrogens with zero attached hydrogens (tertiary/aromatic N) is 2. The quantitative estimate of drug-likeness (QED) is 0.868. The Balaban J connectivity index is 2.39. The van der Waals surface area contributed by atoms with E-state index in [-0.39, 0.29) is 6.10 Å². The van der Waals surface area contributed by atoms with E-state index in [0.717, 1.165) is 21.8 Å². The van der Waals surface area contributed by atoms with Gasteiger partial charge in [0.1, 0.15) is 5.01 Å². The van der Waals surface area contributed by atoms with Gasteiger partial charge in [-0.1, -0.05) is 11.3 Å². The molecule has 0 spiro atoms.